The zero-order valence-corrected chi connectivity index (χ0v) is 29.1. The summed E-state index contributed by atoms with van der Waals surface area (Å²) in [6.07, 6.45) is 0. The highest BCUT2D eigenvalue weighted by Crippen LogP contribution is 2.45. The number of rotatable bonds is 5. The molecule has 0 spiro atoms. The Morgan fingerprint density at radius 2 is 1.00 bits per heavy atom. The van der Waals surface area contributed by atoms with Crippen LogP contribution in [0.1, 0.15) is 0 Å². The molecule has 11 rings (SSSR count). The quantitative estimate of drug-likeness (QED) is 0.180. The van der Waals surface area contributed by atoms with E-state index in [2.05, 4.69) is 137 Å². The van der Waals surface area contributed by atoms with Crippen LogP contribution in [-0.4, -0.2) is 29.1 Å². The number of imidazole rings is 1. The van der Waals surface area contributed by atoms with Gasteiger partial charge in [-0.1, -0.05) is 140 Å². The lowest BCUT2D eigenvalue weighted by atomic mass is 10.1. The van der Waals surface area contributed by atoms with Gasteiger partial charge >= 0.3 is 0 Å². The molecule has 53 heavy (non-hydrogen) atoms. The Morgan fingerprint density at radius 1 is 0.415 bits per heavy atom. The second kappa shape index (κ2) is 11.8. The van der Waals surface area contributed by atoms with Crippen LogP contribution in [0.2, 0.25) is 0 Å². The Morgan fingerprint density at radius 3 is 1.68 bits per heavy atom. The van der Waals surface area contributed by atoms with Gasteiger partial charge in [0.25, 0.3) is 0 Å². The lowest BCUT2D eigenvalue weighted by molar-refractivity contribution is 0.955. The van der Waals surface area contributed by atoms with Crippen LogP contribution >= 0.6 is 11.3 Å². The summed E-state index contributed by atoms with van der Waals surface area (Å²) in [5.74, 6) is 2.70. The molecule has 0 N–H and O–H groups in total. The Balaban J connectivity index is 1.33. The minimum atomic E-state index is 0.566. The number of benzene rings is 7. The summed E-state index contributed by atoms with van der Waals surface area (Å²) in [4.78, 5) is 20.9. The summed E-state index contributed by atoms with van der Waals surface area (Å²) in [7, 11) is 0. The third-order valence-corrected chi connectivity index (χ3v) is 11.2. The van der Waals surface area contributed by atoms with Gasteiger partial charge in [0.05, 0.1) is 26.8 Å². The monoisotopic (exact) mass is 696 g/mol. The van der Waals surface area contributed by atoms with E-state index in [0.717, 1.165) is 61.0 Å². The minimum Gasteiger partial charge on any atom is -0.292 e. The van der Waals surface area contributed by atoms with Crippen molar-refractivity contribution in [1.82, 2.24) is 29.1 Å². The molecule has 0 atom stereocenters. The van der Waals surface area contributed by atoms with Gasteiger partial charge in [0.15, 0.2) is 11.6 Å². The third-order valence-electron chi connectivity index (χ3n) is 9.98. The Hall–Kier alpha value is -6.96. The van der Waals surface area contributed by atoms with Gasteiger partial charge < -0.3 is 0 Å². The SMILES string of the molecule is c1ccc(-c2nc(-c3ccccc3)nc(-n3c4ccc5nc(-c6ccccc6)n(-c6ccccc6)c5c4c4ccc5c6ccccc6sc5c43)n2)cc1. The lowest BCUT2D eigenvalue weighted by Crippen LogP contribution is -2.06. The van der Waals surface area contributed by atoms with Crippen LogP contribution in [0.3, 0.4) is 0 Å². The maximum Gasteiger partial charge on any atom is 0.238 e. The Labute approximate surface area is 307 Å². The highest BCUT2D eigenvalue weighted by atomic mass is 32.1. The molecule has 0 aliphatic rings. The van der Waals surface area contributed by atoms with Crippen molar-refractivity contribution >= 4 is 64.3 Å². The molecule has 0 aliphatic heterocycles. The second-order valence-corrected chi connectivity index (χ2v) is 14.1. The van der Waals surface area contributed by atoms with Crippen molar-refractivity contribution in [1.29, 1.82) is 0 Å². The van der Waals surface area contributed by atoms with Crippen LogP contribution in [0.15, 0.2) is 170 Å². The van der Waals surface area contributed by atoms with E-state index in [4.69, 9.17) is 19.9 Å². The predicted octanol–water partition coefficient (Wildman–Crippen LogP) is 11.7. The number of thiophene rings is 1. The first kappa shape index (κ1) is 29.7. The molecule has 4 aromatic heterocycles. The zero-order chi connectivity index (χ0) is 34.9. The van der Waals surface area contributed by atoms with Crippen molar-refractivity contribution in [2.24, 2.45) is 0 Å². The topological polar surface area (TPSA) is 61.4 Å². The molecule has 0 saturated carbocycles. The summed E-state index contributed by atoms with van der Waals surface area (Å²) < 4.78 is 6.99. The number of hydrogen-bond donors (Lipinski definition) is 0. The molecular formula is C46H28N6S. The maximum atomic E-state index is 5.32. The van der Waals surface area contributed by atoms with Gasteiger partial charge in [-0.05, 0) is 30.3 Å². The van der Waals surface area contributed by atoms with Crippen molar-refractivity contribution in [3.05, 3.63) is 170 Å². The lowest BCUT2D eigenvalue weighted by Gasteiger charge is -2.12. The molecule has 0 radical (unpaired) electrons. The second-order valence-electron chi connectivity index (χ2n) is 13.1. The molecule has 0 fully saturated rings. The van der Waals surface area contributed by atoms with E-state index in [0.29, 0.717) is 17.6 Å². The van der Waals surface area contributed by atoms with Crippen LogP contribution in [0.4, 0.5) is 0 Å². The van der Waals surface area contributed by atoms with E-state index in [-0.39, 0.29) is 0 Å². The molecule has 7 aromatic carbocycles. The van der Waals surface area contributed by atoms with Gasteiger partial charge in [-0.25, -0.2) is 9.97 Å². The highest BCUT2D eigenvalue weighted by Gasteiger charge is 2.25. The Kier molecular flexibility index (Phi) is 6.62. The predicted molar refractivity (Wildman–Crippen MR) is 218 cm³/mol. The van der Waals surface area contributed by atoms with Crippen molar-refractivity contribution in [2.75, 3.05) is 0 Å². The molecule has 248 valence electrons. The fourth-order valence-corrected chi connectivity index (χ4v) is 8.88. The summed E-state index contributed by atoms with van der Waals surface area (Å²) in [5, 5.41) is 4.66. The molecule has 6 nitrogen and oxygen atoms in total. The smallest absolute Gasteiger partial charge is 0.238 e. The summed E-state index contributed by atoms with van der Waals surface area (Å²) in [5.41, 5.74) is 7.97. The number of hydrogen-bond acceptors (Lipinski definition) is 5. The fourth-order valence-electron chi connectivity index (χ4n) is 7.64. The largest absolute Gasteiger partial charge is 0.292 e. The Bertz CT molecular complexity index is 3090. The standard InChI is InChI=1S/C46H28N6S/c1-5-15-29(16-6-1)43-48-44(30-17-7-2-8-18-30)50-46(49-43)52-37-28-27-36-41(51(32-21-11-4-12-22-32)45(47-36)31-19-9-3-10-20-31)39(37)35-26-25-34-33-23-13-14-24-38(33)53-42(34)40(35)52/h1-28H. The first-order valence-electron chi connectivity index (χ1n) is 17.6. The van der Waals surface area contributed by atoms with Gasteiger partial charge in [-0.2, -0.15) is 9.97 Å². The average Bonchev–Trinajstić information content (AvgIpc) is 3.92. The summed E-state index contributed by atoms with van der Waals surface area (Å²) >= 11 is 1.81. The molecular weight excluding hydrogens is 669 g/mol. The molecule has 4 heterocycles. The molecule has 0 saturated heterocycles. The van der Waals surface area contributed by atoms with Crippen molar-refractivity contribution in [2.45, 2.75) is 0 Å². The van der Waals surface area contributed by atoms with Gasteiger partial charge in [-0.15, -0.1) is 11.3 Å². The van der Waals surface area contributed by atoms with Gasteiger partial charge in [-0.3, -0.25) is 9.13 Å². The molecule has 0 amide bonds. The number of aromatic nitrogens is 6. The number of para-hydroxylation sites is 1. The summed E-state index contributed by atoms with van der Waals surface area (Å²) in [6, 6.07) is 58.8. The van der Waals surface area contributed by atoms with Gasteiger partial charge in [0.1, 0.15) is 5.82 Å². The molecule has 0 unspecified atom stereocenters. The maximum absolute atomic E-state index is 5.32. The highest BCUT2D eigenvalue weighted by molar-refractivity contribution is 7.26. The minimum absolute atomic E-state index is 0.566. The van der Waals surface area contributed by atoms with E-state index in [9.17, 15) is 0 Å². The van der Waals surface area contributed by atoms with Crippen LogP contribution < -0.4 is 0 Å². The molecule has 0 bridgehead atoms. The van der Waals surface area contributed by atoms with Crippen molar-refractivity contribution in [3.8, 4) is 45.8 Å². The number of fused-ring (bicyclic) bond motifs is 9. The van der Waals surface area contributed by atoms with E-state index in [1.807, 2.05) is 53.8 Å². The molecule has 11 aromatic rings. The first-order chi connectivity index (χ1) is 26.3. The van der Waals surface area contributed by atoms with Crippen LogP contribution in [0, 0.1) is 0 Å². The van der Waals surface area contributed by atoms with Crippen LogP contribution in [-0.2, 0) is 0 Å². The zero-order valence-electron chi connectivity index (χ0n) is 28.3. The third kappa shape index (κ3) is 4.64. The molecule has 7 heteroatoms. The van der Waals surface area contributed by atoms with E-state index in [1.54, 1.807) is 0 Å². The van der Waals surface area contributed by atoms with Crippen molar-refractivity contribution in [3.63, 3.8) is 0 Å². The van der Waals surface area contributed by atoms with Crippen molar-refractivity contribution < 1.29 is 0 Å². The average molecular weight is 697 g/mol. The van der Waals surface area contributed by atoms with Gasteiger partial charge in [0.2, 0.25) is 5.95 Å². The fraction of sp³-hybridized carbons (Fsp3) is 0. The van der Waals surface area contributed by atoms with E-state index < -0.39 is 0 Å². The van der Waals surface area contributed by atoms with E-state index in [1.165, 1.54) is 20.2 Å². The van der Waals surface area contributed by atoms with Crippen LogP contribution in [0.25, 0.3) is 98.8 Å². The molecule has 0 aliphatic carbocycles. The van der Waals surface area contributed by atoms with Gasteiger partial charge in [0, 0.05) is 48.6 Å². The summed E-state index contributed by atoms with van der Waals surface area (Å²) in [6.45, 7) is 0. The van der Waals surface area contributed by atoms with Crippen LogP contribution in [0.5, 0.6) is 0 Å². The normalized spacial score (nSPS) is 11.8. The number of nitrogens with zero attached hydrogens (tertiary/aromatic N) is 6. The van der Waals surface area contributed by atoms with E-state index >= 15 is 0 Å². The first-order valence-corrected chi connectivity index (χ1v) is 18.4.